The van der Waals surface area contributed by atoms with Crippen LogP contribution >= 0.6 is 0 Å². The Labute approximate surface area is 122 Å². The van der Waals surface area contributed by atoms with Gasteiger partial charge in [0, 0.05) is 25.6 Å². The van der Waals surface area contributed by atoms with E-state index in [1.165, 1.54) is 5.56 Å². The number of rotatable bonds is 4. The molecule has 1 heterocycles. The summed E-state index contributed by atoms with van der Waals surface area (Å²) in [5, 5.41) is 3.60. The third kappa shape index (κ3) is 3.40. The molecule has 1 amide bonds. The molecule has 0 spiro atoms. The first kappa shape index (κ1) is 15.0. The number of nitrogens with one attached hydrogen (secondary N) is 1. The highest BCUT2D eigenvalue weighted by Gasteiger charge is 2.32. The van der Waals surface area contributed by atoms with Crippen LogP contribution in [0.15, 0.2) is 30.3 Å². The zero-order valence-corrected chi connectivity index (χ0v) is 12.8. The number of nitrogens with zero attached hydrogens (tertiary/aromatic N) is 1. The molecule has 110 valence electrons. The fraction of sp³-hybridized carbons (Fsp3) is 0.588. The van der Waals surface area contributed by atoms with Crippen LogP contribution in [0.2, 0.25) is 0 Å². The highest BCUT2D eigenvalue weighted by atomic mass is 16.2. The lowest BCUT2D eigenvalue weighted by atomic mass is 9.95. The van der Waals surface area contributed by atoms with Crippen molar-refractivity contribution < 1.29 is 4.79 Å². The maximum atomic E-state index is 12.4. The van der Waals surface area contributed by atoms with E-state index in [1.54, 1.807) is 0 Å². The van der Waals surface area contributed by atoms with E-state index in [2.05, 4.69) is 43.1 Å². The van der Waals surface area contributed by atoms with Crippen molar-refractivity contribution in [2.24, 2.45) is 5.92 Å². The molecule has 0 saturated carbocycles. The van der Waals surface area contributed by atoms with Gasteiger partial charge in [-0.2, -0.15) is 0 Å². The van der Waals surface area contributed by atoms with Gasteiger partial charge < -0.3 is 10.2 Å². The van der Waals surface area contributed by atoms with Crippen molar-refractivity contribution in [1.82, 2.24) is 10.2 Å². The minimum Gasteiger partial charge on any atom is -0.333 e. The van der Waals surface area contributed by atoms with E-state index in [4.69, 9.17) is 0 Å². The first-order valence-corrected chi connectivity index (χ1v) is 7.71. The van der Waals surface area contributed by atoms with Crippen LogP contribution in [-0.4, -0.2) is 29.9 Å². The Kier molecular flexibility index (Phi) is 5.18. The summed E-state index contributed by atoms with van der Waals surface area (Å²) >= 11 is 0. The fourth-order valence-electron chi connectivity index (χ4n) is 2.83. The molecular weight excluding hydrogens is 248 g/mol. The van der Waals surface area contributed by atoms with E-state index in [0.717, 1.165) is 19.5 Å². The summed E-state index contributed by atoms with van der Waals surface area (Å²) in [7, 11) is 0. The molecule has 0 aromatic heterocycles. The van der Waals surface area contributed by atoms with Crippen molar-refractivity contribution in [3.05, 3.63) is 35.9 Å². The van der Waals surface area contributed by atoms with Gasteiger partial charge in [-0.1, -0.05) is 51.1 Å². The lowest BCUT2D eigenvalue weighted by Crippen LogP contribution is -2.55. The molecule has 20 heavy (non-hydrogen) atoms. The van der Waals surface area contributed by atoms with Crippen molar-refractivity contribution in [3.8, 4) is 0 Å². The Balaban J connectivity index is 2.19. The van der Waals surface area contributed by atoms with Crippen LogP contribution in [0, 0.1) is 5.92 Å². The number of carbonyl (C=O) groups excluding carboxylic acids is 1. The second kappa shape index (κ2) is 6.89. The number of piperazine rings is 1. The zero-order valence-electron chi connectivity index (χ0n) is 12.8. The predicted molar refractivity (Wildman–Crippen MR) is 82.4 cm³/mol. The van der Waals surface area contributed by atoms with Gasteiger partial charge in [0.2, 0.25) is 5.91 Å². The molecule has 1 N–H and O–H groups in total. The smallest absolute Gasteiger partial charge is 0.223 e. The highest BCUT2D eigenvalue weighted by Crippen LogP contribution is 2.26. The molecule has 1 aromatic carbocycles. The van der Waals surface area contributed by atoms with Crippen molar-refractivity contribution in [2.75, 3.05) is 13.1 Å². The van der Waals surface area contributed by atoms with Gasteiger partial charge in [-0.05, 0) is 17.9 Å². The Morgan fingerprint density at radius 3 is 2.65 bits per heavy atom. The van der Waals surface area contributed by atoms with E-state index >= 15 is 0 Å². The number of amides is 1. The maximum absolute atomic E-state index is 12.4. The first-order valence-electron chi connectivity index (χ1n) is 7.71. The van der Waals surface area contributed by atoms with Crippen LogP contribution in [0.4, 0.5) is 0 Å². The molecule has 2 unspecified atom stereocenters. The average molecular weight is 274 g/mol. The quantitative estimate of drug-likeness (QED) is 0.915. The van der Waals surface area contributed by atoms with Crippen LogP contribution in [0.1, 0.15) is 45.2 Å². The molecule has 1 aliphatic heterocycles. The lowest BCUT2D eigenvalue weighted by molar-refractivity contribution is -0.135. The lowest BCUT2D eigenvalue weighted by Gasteiger charge is -2.42. The molecule has 3 nitrogen and oxygen atoms in total. The van der Waals surface area contributed by atoms with E-state index in [-0.39, 0.29) is 11.9 Å². The van der Waals surface area contributed by atoms with Crippen LogP contribution in [0.25, 0.3) is 0 Å². The number of hydrogen-bond acceptors (Lipinski definition) is 2. The summed E-state index contributed by atoms with van der Waals surface area (Å²) in [5.74, 6) is 0.831. The minimum absolute atomic E-state index is 0.172. The second-order valence-electron chi connectivity index (χ2n) is 5.98. The fourth-order valence-corrected chi connectivity index (χ4v) is 2.83. The molecule has 1 fully saturated rings. The second-order valence-corrected chi connectivity index (χ2v) is 5.98. The molecular formula is C17H26N2O. The molecule has 2 rings (SSSR count). The third-order valence-corrected chi connectivity index (χ3v) is 4.12. The van der Waals surface area contributed by atoms with Crippen molar-refractivity contribution >= 4 is 5.91 Å². The molecule has 0 bridgehead atoms. The number of benzene rings is 1. The monoisotopic (exact) mass is 274 g/mol. The Morgan fingerprint density at radius 1 is 1.35 bits per heavy atom. The Morgan fingerprint density at radius 2 is 2.05 bits per heavy atom. The summed E-state index contributed by atoms with van der Waals surface area (Å²) in [6, 6.07) is 10.9. The van der Waals surface area contributed by atoms with Gasteiger partial charge >= 0.3 is 0 Å². The molecule has 1 aliphatic rings. The SMILES string of the molecule is CCCC(=O)N1CC(C(C)C)NCC1c1ccccc1. The number of hydrogen-bond donors (Lipinski definition) is 1. The normalized spacial score (nSPS) is 23.1. The minimum atomic E-state index is 0.172. The summed E-state index contributed by atoms with van der Waals surface area (Å²) in [6.07, 6.45) is 1.56. The topological polar surface area (TPSA) is 32.3 Å². The van der Waals surface area contributed by atoms with Gasteiger partial charge in [-0.25, -0.2) is 0 Å². The molecule has 3 heteroatoms. The van der Waals surface area contributed by atoms with Gasteiger partial charge in [0.25, 0.3) is 0 Å². The van der Waals surface area contributed by atoms with Crippen molar-refractivity contribution in [1.29, 1.82) is 0 Å². The van der Waals surface area contributed by atoms with E-state index in [1.807, 2.05) is 18.2 Å². The zero-order chi connectivity index (χ0) is 14.5. The number of carbonyl (C=O) groups is 1. The molecule has 2 atom stereocenters. The van der Waals surface area contributed by atoms with Gasteiger partial charge in [0.05, 0.1) is 6.04 Å². The Hall–Kier alpha value is -1.35. The van der Waals surface area contributed by atoms with Gasteiger partial charge in [0.1, 0.15) is 0 Å². The molecule has 0 aliphatic carbocycles. The van der Waals surface area contributed by atoms with E-state index in [9.17, 15) is 4.79 Å². The van der Waals surface area contributed by atoms with Crippen LogP contribution in [-0.2, 0) is 4.79 Å². The summed E-state index contributed by atoms with van der Waals surface area (Å²) in [6.45, 7) is 8.15. The van der Waals surface area contributed by atoms with Crippen LogP contribution in [0.5, 0.6) is 0 Å². The summed E-state index contributed by atoms with van der Waals surface area (Å²) in [5.41, 5.74) is 1.23. The largest absolute Gasteiger partial charge is 0.333 e. The van der Waals surface area contributed by atoms with E-state index in [0.29, 0.717) is 18.4 Å². The highest BCUT2D eigenvalue weighted by molar-refractivity contribution is 5.77. The standard InChI is InChI=1S/C17H26N2O/c1-4-8-17(20)19-12-15(13(2)3)18-11-16(19)14-9-6-5-7-10-14/h5-7,9-10,13,15-16,18H,4,8,11-12H2,1-3H3. The van der Waals surface area contributed by atoms with Gasteiger partial charge in [-0.15, -0.1) is 0 Å². The van der Waals surface area contributed by atoms with E-state index < -0.39 is 0 Å². The maximum Gasteiger partial charge on any atom is 0.223 e. The summed E-state index contributed by atoms with van der Waals surface area (Å²) in [4.78, 5) is 14.5. The van der Waals surface area contributed by atoms with Crippen molar-refractivity contribution in [2.45, 2.75) is 45.7 Å². The predicted octanol–water partition coefficient (Wildman–Crippen LogP) is 2.98. The molecule has 1 saturated heterocycles. The third-order valence-electron chi connectivity index (χ3n) is 4.12. The van der Waals surface area contributed by atoms with Crippen LogP contribution < -0.4 is 5.32 Å². The molecule has 0 radical (unpaired) electrons. The van der Waals surface area contributed by atoms with Gasteiger partial charge in [0.15, 0.2) is 0 Å². The first-order chi connectivity index (χ1) is 9.63. The molecule has 1 aromatic rings. The van der Waals surface area contributed by atoms with Gasteiger partial charge in [-0.3, -0.25) is 4.79 Å². The Bertz CT molecular complexity index is 430. The average Bonchev–Trinajstić information content (AvgIpc) is 2.47. The summed E-state index contributed by atoms with van der Waals surface area (Å²) < 4.78 is 0. The van der Waals surface area contributed by atoms with Crippen molar-refractivity contribution in [3.63, 3.8) is 0 Å². The van der Waals surface area contributed by atoms with Crippen LogP contribution in [0.3, 0.4) is 0 Å².